The van der Waals surface area contributed by atoms with Crippen molar-refractivity contribution in [3.8, 4) is 33.4 Å². The van der Waals surface area contributed by atoms with E-state index in [0.717, 1.165) is 94.5 Å². The number of anilines is 6. The summed E-state index contributed by atoms with van der Waals surface area (Å²) in [6.07, 6.45) is 0. The van der Waals surface area contributed by atoms with Gasteiger partial charge < -0.3 is 18.6 Å². The van der Waals surface area contributed by atoms with Gasteiger partial charge in [0.25, 0.3) is 0 Å². The Bertz CT molecular complexity index is 4530. The Hall–Kier alpha value is -9.64. The first-order valence-corrected chi connectivity index (χ1v) is 25.8. The van der Waals surface area contributed by atoms with E-state index in [1.807, 2.05) is 12.1 Å². The summed E-state index contributed by atoms with van der Waals surface area (Å²) in [4.78, 5) is 4.69. The van der Waals surface area contributed by atoms with E-state index in [9.17, 15) is 0 Å². The fourth-order valence-electron chi connectivity index (χ4n) is 12.3. The minimum absolute atomic E-state index is 0.226. The normalized spacial score (nSPS) is 12.8. The standard InChI is InChI=1S/C71H48N2O2/c1-71(2)62-42-47(33-37-54(62)55-39-35-50(43-63(55)71)72(48-21-8-4-9-22-48)49-23-10-5-11-24-49)46-34-38-59-61(41-46)53-26-12-13-28-57(53)68-60-40-36-51(44-67(60)75-70(59)68)73(64-30-16-14-25-52(64)45-19-6-3-7-20-45)65-31-18-29-58-56-27-15-17-32-66(56)74-69(58)65/h3-44H,1-2H3. The van der Waals surface area contributed by atoms with Gasteiger partial charge in [0.15, 0.2) is 5.58 Å². The summed E-state index contributed by atoms with van der Waals surface area (Å²) in [5.74, 6) is 0. The molecule has 0 unspecified atom stereocenters. The van der Waals surface area contributed by atoms with Gasteiger partial charge in [-0.05, 0) is 140 Å². The third-order valence-electron chi connectivity index (χ3n) is 15.8. The van der Waals surface area contributed by atoms with E-state index >= 15 is 0 Å². The van der Waals surface area contributed by atoms with Crippen LogP contribution in [-0.2, 0) is 5.41 Å². The molecule has 0 fully saturated rings. The Balaban J connectivity index is 0.857. The van der Waals surface area contributed by atoms with Gasteiger partial charge in [0.05, 0.1) is 17.1 Å². The van der Waals surface area contributed by atoms with Crippen molar-refractivity contribution in [3.05, 3.63) is 266 Å². The van der Waals surface area contributed by atoms with E-state index in [0.29, 0.717) is 0 Å². The second kappa shape index (κ2) is 16.7. The molecule has 4 nitrogen and oxygen atoms in total. The van der Waals surface area contributed by atoms with Crippen LogP contribution in [-0.4, -0.2) is 0 Å². The largest absolute Gasteiger partial charge is 0.455 e. The maximum atomic E-state index is 7.19. The molecule has 0 amide bonds. The summed E-state index contributed by atoms with van der Waals surface area (Å²) in [6.45, 7) is 4.75. The lowest BCUT2D eigenvalue weighted by Crippen LogP contribution is -2.16. The van der Waals surface area contributed by atoms with Crippen molar-refractivity contribution in [1.29, 1.82) is 0 Å². The Labute approximate surface area is 434 Å². The van der Waals surface area contributed by atoms with Crippen LogP contribution in [0.15, 0.2) is 264 Å². The third-order valence-corrected chi connectivity index (χ3v) is 15.8. The molecule has 0 aliphatic heterocycles. The first-order valence-electron chi connectivity index (χ1n) is 25.8. The minimum Gasteiger partial charge on any atom is -0.455 e. The van der Waals surface area contributed by atoms with Crippen molar-refractivity contribution in [3.63, 3.8) is 0 Å². The van der Waals surface area contributed by atoms with Crippen molar-refractivity contribution in [2.75, 3.05) is 9.80 Å². The molecule has 75 heavy (non-hydrogen) atoms. The molecule has 12 aromatic carbocycles. The van der Waals surface area contributed by atoms with Gasteiger partial charge in [-0.1, -0.05) is 178 Å². The van der Waals surface area contributed by atoms with Gasteiger partial charge in [-0.15, -0.1) is 0 Å². The molecule has 0 saturated heterocycles. The quantitative estimate of drug-likeness (QED) is 0.142. The zero-order valence-corrected chi connectivity index (χ0v) is 41.5. The zero-order valence-electron chi connectivity index (χ0n) is 41.5. The molecule has 0 spiro atoms. The fraction of sp³-hybridized carbons (Fsp3) is 0.0423. The zero-order chi connectivity index (χ0) is 49.8. The second-order valence-corrected chi connectivity index (χ2v) is 20.4. The van der Waals surface area contributed by atoms with E-state index in [-0.39, 0.29) is 5.41 Å². The Morgan fingerprint density at radius 1 is 0.293 bits per heavy atom. The van der Waals surface area contributed by atoms with Crippen LogP contribution in [0.5, 0.6) is 0 Å². The van der Waals surface area contributed by atoms with Crippen molar-refractivity contribution in [2.24, 2.45) is 0 Å². The lowest BCUT2D eigenvalue weighted by molar-refractivity contribution is 0.660. The number of rotatable bonds is 8. The van der Waals surface area contributed by atoms with Crippen LogP contribution in [0.4, 0.5) is 34.1 Å². The van der Waals surface area contributed by atoms with E-state index in [4.69, 9.17) is 8.83 Å². The van der Waals surface area contributed by atoms with Crippen molar-refractivity contribution >= 4 is 99.5 Å². The van der Waals surface area contributed by atoms with E-state index in [1.165, 1.54) is 49.5 Å². The first kappa shape index (κ1) is 43.0. The number of benzene rings is 12. The maximum absolute atomic E-state index is 7.19. The highest BCUT2D eigenvalue weighted by atomic mass is 16.3. The molecule has 0 saturated carbocycles. The number of hydrogen-bond acceptors (Lipinski definition) is 4. The van der Waals surface area contributed by atoms with Crippen molar-refractivity contribution in [2.45, 2.75) is 19.3 Å². The van der Waals surface area contributed by atoms with Crippen LogP contribution in [0.1, 0.15) is 25.0 Å². The van der Waals surface area contributed by atoms with Crippen LogP contribution in [0.25, 0.3) is 98.8 Å². The van der Waals surface area contributed by atoms with Crippen molar-refractivity contribution < 1.29 is 8.83 Å². The molecular formula is C71H48N2O2. The number of para-hydroxylation sites is 5. The number of furan rings is 2. The monoisotopic (exact) mass is 960 g/mol. The van der Waals surface area contributed by atoms with Gasteiger partial charge in [0.1, 0.15) is 16.7 Å². The van der Waals surface area contributed by atoms with Gasteiger partial charge in [0, 0.05) is 61.0 Å². The Morgan fingerprint density at radius 3 is 1.63 bits per heavy atom. The molecule has 2 aromatic heterocycles. The van der Waals surface area contributed by atoms with Gasteiger partial charge in [-0.2, -0.15) is 0 Å². The highest BCUT2D eigenvalue weighted by molar-refractivity contribution is 6.30. The van der Waals surface area contributed by atoms with Crippen LogP contribution < -0.4 is 9.80 Å². The molecule has 0 bridgehead atoms. The molecule has 354 valence electrons. The summed E-state index contributed by atoms with van der Waals surface area (Å²) in [5.41, 5.74) is 19.4. The average molecular weight is 961 g/mol. The topological polar surface area (TPSA) is 32.8 Å². The molecule has 15 rings (SSSR count). The van der Waals surface area contributed by atoms with Crippen LogP contribution in [0.3, 0.4) is 0 Å². The summed E-state index contributed by atoms with van der Waals surface area (Å²) in [5, 5.41) is 8.99. The van der Waals surface area contributed by atoms with Crippen LogP contribution in [0, 0.1) is 0 Å². The van der Waals surface area contributed by atoms with E-state index in [2.05, 4.69) is 266 Å². The molecule has 1 aliphatic rings. The SMILES string of the molecule is CC1(C)c2cc(-c3ccc4c(c3)c3ccccc3c3c5ccc(N(c6ccccc6-c6ccccc6)c6cccc7c6oc6ccccc67)cc5oc43)ccc2-c2ccc(N(c3ccccc3)c3ccccc3)cc21. The van der Waals surface area contributed by atoms with Crippen LogP contribution in [0.2, 0.25) is 0 Å². The summed E-state index contributed by atoms with van der Waals surface area (Å²) >= 11 is 0. The lowest BCUT2D eigenvalue weighted by Gasteiger charge is -2.28. The minimum atomic E-state index is -0.226. The fourth-order valence-corrected chi connectivity index (χ4v) is 12.3. The Kier molecular flexibility index (Phi) is 9.58. The predicted molar refractivity (Wildman–Crippen MR) is 314 cm³/mol. The number of hydrogen-bond donors (Lipinski definition) is 0. The highest BCUT2D eigenvalue weighted by Crippen LogP contribution is 2.53. The summed E-state index contributed by atoms with van der Waals surface area (Å²) in [6, 6.07) is 91.8. The lowest BCUT2D eigenvalue weighted by atomic mass is 9.81. The highest BCUT2D eigenvalue weighted by Gasteiger charge is 2.36. The summed E-state index contributed by atoms with van der Waals surface area (Å²) < 4.78 is 13.9. The van der Waals surface area contributed by atoms with Crippen LogP contribution >= 0.6 is 0 Å². The van der Waals surface area contributed by atoms with Gasteiger partial charge in [-0.25, -0.2) is 0 Å². The molecule has 1 aliphatic carbocycles. The number of nitrogens with zero attached hydrogens (tertiary/aromatic N) is 2. The first-order chi connectivity index (χ1) is 37.0. The van der Waals surface area contributed by atoms with Crippen molar-refractivity contribution in [1.82, 2.24) is 0 Å². The van der Waals surface area contributed by atoms with Gasteiger partial charge >= 0.3 is 0 Å². The van der Waals surface area contributed by atoms with Gasteiger partial charge in [-0.3, -0.25) is 0 Å². The average Bonchev–Trinajstić information content (AvgIpc) is 4.15. The number of fused-ring (bicyclic) bond motifs is 14. The molecule has 14 aromatic rings. The predicted octanol–water partition coefficient (Wildman–Crippen LogP) is 20.4. The second-order valence-electron chi connectivity index (χ2n) is 20.4. The Morgan fingerprint density at radius 2 is 0.840 bits per heavy atom. The summed E-state index contributed by atoms with van der Waals surface area (Å²) in [7, 11) is 0. The molecular weight excluding hydrogens is 913 g/mol. The van der Waals surface area contributed by atoms with Gasteiger partial charge in [0.2, 0.25) is 0 Å². The van der Waals surface area contributed by atoms with E-state index < -0.39 is 0 Å². The molecule has 4 heteroatoms. The molecule has 0 N–H and O–H groups in total. The maximum Gasteiger partial charge on any atom is 0.159 e. The molecule has 0 radical (unpaired) electrons. The molecule has 2 heterocycles. The molecule has 0 atom stereocenters. The smallest absolute Gasteiger partial charge is 0.159 e. The third kappa shape index (κ3) is 6.69. The van der Waals surface area contributed by atoms with E-state index in [1.54, 1.807) is 0 Å².